The third-order valence-electron chi connectivity index (χ3n) is 4.10. The van der Waals surface area contributed by atoms with Gasteiger partial charge in [-0.05, 0) is 48.3 Å². The molecule has 0 saturated heterocycles. The number of hydrogen-bond donors (Lipinski definition) is 1. The van der Waals surface area contributed by atoms with E-state index in [9.17, 15) is 5.11 Å². The van der Waals surface area contributed by atoms with Gasteiger partial charge in [-0.15, -0.1) is 5.10 Å². The molecule has 0 aliphatic carbocycles. The van der Waals surface area contributed by atoms with Crippen molar-refractivity contribution in [3.8, 4) is 23.1 Å². The van der Waals surface area contributed by atoms with Crippen molar-refractivity contribution in [2.45, 2.75) is 19.1 Å². The highest BCUT2D eigenvalue weighted by Crippen LogP contribution is 2.33. The molecule has 136 valence electrons. The van der Waals surface area contributed by atoms with E-state index in [0.717, 1.165) is 22.8 Å². The minimum Gasteiger partial charge on any atom is -0.461 e. The van der Waals surface area contributed by atoms with Crippen LogP contribution in [0.2, 0.25) is 0 Å². The topological polar surface area (TPSA) is 82.5 Å². The van der Waals surface area contributed by atoms with Crippen molar-refractivity contribution in [2.24, 2.45) is 0 Å². The molecule has 0 radical (unpaired) electrons. The first-order valence-electron chi connectivity index (χ1n) is 8.29. The van der Waals surface area contributed by atoms with Crippen LogP contribution < -0.4 is 9.47 Å². The Balaban J connectivity index is 1.64. The fourth-order valence-electron chi connectivity index (χ4n) is 2.80. The summed E-state index contributed by atoms with van der Waals surface area (Å²) >= 11 is 1.69. The van der Waals surface area contributed by atoms with Gasteiger partial charge in [-0.2, -0.15) is 11.8 Å². The number of aliphatic hydroxyl groups excluding tert-OH is 1. The van der Waals surface area contributed by atoms with E-state index in [1.807, 2.05) is 24.5 Å². The van der Waals surface area contributed by atoms with Gasteiger partial charge in [0, 0.05) is 0 Å². The average molecular weight is 373 g/mol. The lowest BCUT2D eigenvalue weighted by molar-refractivity contribution is 0.159. The van der Waals surface area contributed by atoms with E-state index in [-0.39, 0.29) is 6.79 Å². The molecule has 1 N–H and O–H groups in total. The molecule has 1 aromatic carbocycles. The summed E-state index contributed by atoms with van der Waals surface area (Å²) in [6, 6.07) is 9.36. The quantitative estimate of drug-likeness (QED) is 0.681. The highest BCUT2D eigenvalue weighted by Gasteiger charge is 2.21. The monoisotopic (exact) mass is 373 g/mol. The molecular formula is C18H19N3O4S. The van der Waals surface area contributed by atoms with Crippen molar-refractivity contribution in [1.82, 2.24) is 14.8 Å². The molecule has 1 atom stereocenters. The number of ether oxygens (including phenoxy) is 2. The number of rotatable bonds is 7. The Morgan fingerprint density at radius 3 is 2.96 bits per heavy atom. The van der Waals surface area contributed by atoms with Gasteiger partial charge in [-0.25, -0.2) is 9.67 Å². The molecule has 8 heteroatoms. The Kier molecular flexibility index (Phi) is 4.85. The van der Waals surface area contributed by atoms with E-state index in [1.54, 1.807) is 34.8 Å². The molecule has 0 saturated carbocycles. The zero-order chi connectivity index (χ0) is 17.9. The number of hydrogen-bond acceptors (Lipinski definition) is 7. The largest absolute Gasteiger partial charge is 0.461 e. The van der Waals surface area contributed by atoms with E-state index in [2.05, 4.69) is 10.1 Å². The molecule has 0 bridgehead atoms. The Morgan fingerprint density at radius 1 is 1.27 bits per heavy atom. The lowest BCUT2D eigenvalue weighted by atomic mass is 10.2. The second kappa shape index (κ2) is 7.43. The average Bonchev–Trinajstić information content (AvgIpc) is 3.38. The van der Waals surface area contributed by atoms with Crippen LogP contribution in [0.5, 0.6) is 11.5 Å². The first-order chi connectivity index (χ1) is 12.7. The van der Waals surface area contributed by atoms with Crippen molar-refractivity contribution in [2.75, 3.05) is 18.8 Å². The lowest BCUT2D eigenvalue weighted by Gasteiger charge is -2.11. The lowest BCUT2D eigenvalue weighted by Crippen LogP contribution is -2.12. The Hall–Kier alpha value is -2.45. The van der Waals surface area contributed by atoms with E-state index in [4.69, 9.17) is 13.9 Å². The first kappa shape index (κ1) is 17.0. The van der Waals surface area contributed by atoms with Crippen LogP contribution in [0.25, 0.3) is 11.6 Å². The number of aliphatic hydroxyl groups is 1. The summed E-state index contributed by atoms with van der Waals surface area (Å²) in [5.41, 5.74) is 0.989. The number of thioether (sulfide) groups is 1. The zero-order valence-corrected chi connectivity index (χ0v) is 15.1. The van der Waals surface area contributed by atoms with Gasteiger partial charge >= 0.3 is 0 Å². The van der Waals surface area contributed by atoms with E-state index >= 15 is 0 Å². The maximum Gasteiger partial charge on any atom is 0.231 e. The van der Waals surface area contributed by atoms with Crippen LogP contribution in [0, 0.1) is 0 Å². The molecule has 26 heavy (non-hydrogen) atoms. The third-order valence-corrected chi connectivity index (χ3v) is 4.75. The number of furan rings is 1. The number of aromatic nitrogens is 3. The van der Waals surface area contributed by atoms with Crippen LogP contribution in [0.1, 0.15) is 23.9 Å². The molecular weight excluding hydrogens is 354 g/mol. The first-order valence-corrected chi connectivity index (χ1v) is 9.68. The number of nitrogens with zero attached hydrogens (tertiary/aromatic N) is 3. The van der Waals surface area contributed by atoms with Gasteiger partial charge in [0.05, 0.1) is 12.8 Å². The Bertz CT molecular complexity index is 879. The highest BCUT2D eigenvalue weighted by molar-refractivity contribution is 7.98. The van der Waals surface area contributed by atoms with Crippen LogP contribution in [0.4, 0.5) is 0 Å². The van der Waals surface area contributed by atoms with Gasteiger partial charge in [0.15, 0.2) is 23.1 Å². The van der Waals surface area contributed by atoms with E-state index < -0.39 is 6.10 Å². The van der Waals surface area contributed by atoms with Crippen LogP contribution in [-0.4, -0.2) is 38.7 Å². The van der Waals surface area contributed by atoms with Gasteiger partial charge in [0.25, 0.3) is 0 Å². The molecule has 1 aliphatic heterocycles. The molecule has 7 nitrogen and oxygen atoms in total. The molecule has 1 aliphatic rings. The number of benzene rings is 1. The van der Waals surface area contributed by atoms with Gasteiger partial charge < -0.3 is 19.0 Å². The van der Waals surface area contributed by atoms with Crippen molar-refractivity contribution in [1.29, 1.82) is 0 Å². The van der Waals surface area contributed by atoms with Crippen molar-refractivity contribution < 1.29 is 19.0 Å². The van der Waals surface area contributed by atoms with Gasteiger partial charge in [-0.3, -0.25) is 0 Å². The fraction of sp³-hybridized carbons (Fsp3) is 0.333. The summed E-state index contributed by atoms with van der Waals surface area (Å²) in [4.78, 5) is 4.52. The second-order valence-electron chi connectivity index (χ2n) is 5.91. The maximum absolute atomic E-state index is 10.6. The number of fused-ring (bicyclic) bond motifs is 1. The maximum atomic E-state index is 10.6. The van der Waals surface area contributed by atoms with Crippen LogP contribution >= 0.6 is 11.8 Å². The predicted octanol–water partition coefficient (Wildman–Crippen LogP) is 3.10. The summed E-state index contributed by atoms with van der Waals surface area (Å²) in [5.74, 6) is 3.88. The minimum absolute atomic E-state index is 0.239. The Labute approximate surface area is 154 Å². The molecule has 3 heterocycles. The molecule has 2 aromatic heterocycles. The minimum atomic E-state index is -0.687. The summed E-state index contributed by atoms with van der Waals surface area (Å²) in [7, 11) is 0. The molecule has 4 rings (SSSR count). The van der Waals surface area contributed by atoms with Gasteiger partial charge in [0.2, 0.25) is 12.6 Å². The molecule has 1 unspecified atom stereocenters. The second-order valence-corrected chi connectivity index (χ2v) is 6.90. The van der Waals surface area contributed by atoms with Crippen molar-refractivity contribution in [3.63, 3.8) is 0 Å². The Morgan fingerprint density at radius 2 is 2.15 bits per heavy atom. The zero-order valence-electron chi connectivity index (χ0n) is 14.3. The van der Waals surface area contributed by atoms with Crippen molar-refractivity contribution in [3.05, 3.63) is 48.0 Å². The smallest absolute Gasteiger partial charge is 0.231 e. The SMILES string of the molecule is CSCCC(O)c1nc(-c2ccco2)nn1Cc1ccc2c(c1)OCO2. The van der Waals surface area contributed by atoms with Gasteiger partial charge in [-0.1, -0.05) is 6.07 Å². The predicted molar refractivity (Wildman–Crippen MR) is 97.3 cm³/mol. The molecule has 0 amide bonds. The molecule has 0 fully saturated rings. The summed E-state index contributed by atoms with van der Waals surface area (Å²) in [5, 5.41) is 15.1. The fourth-order valence-corrected chi connectivity index (χ4v) is 3.26. The normalized spacial score (nSPS) is 13.9. The van der Waals surface area contributed by atoms with Crippen LogP contribution in [0.3, 0.4) is 0 Å². The molecule has 0 spiro atoms. The molecule has 3 aromatic rings. The van der Waals surface area contributed by atoms with Crippen molar-refractivity contribution >= 4 is 11.8 Å². The standard InChI is InChI=1S/C18H19N3O4S/c1-26-8-6-13(22)18-19-17(15-3-2-7-23-15)20-21(18)10-12-4-5-14-16(9-12)25-11-24-14/h2-5,7,9,13,22H,6,8,10-11H2,1H3. The summed E-state index contributed by atoms with van der Waals surface area (Å²) in [6.07, 6.45) is 3.52. The van der Waals surface area contributed by atoms with Crippen LogP contribution in [-0.2, 0) is 6.54 Å². The van der Waals surface area contributed by atoms with Gasteiger partial charge in [0.1, 0.15) is 6.10 Å². The van der Waals surface area contributed by atoms with E-state index in [0.29, 0.717) is 30.4 Å². The summed E-state index contributed by atoms with van der Waals surface area (Å²) < 4.78 is 17.9. The summed E-state index contributed by atoms with van der Waals surface area (Å²) in [6.45, 7) is 0.708. The van der Waals surface area contributed by atoms with Crippen LogP contribution in [0.15, 0.2) is 41.0 Å². The van der Waals surface area contributed by atoms with E-state index in [1.165, 1.54) is 0 Å². The third kappa shape index (κ3) is 3.42. The highest BCUT2D eigenvalue weighted by atomic mass is 32.2.